The highest BCUT2D eigenvalue weighted by Crippen LogP contribution is 2.09. The zero-order valence-electron chi connectivity index (χ0n) is 8.15. The second-order valence-corrected chi connectivity index (χ2v) is 2.77. The molecule has 0 saturated carbocycles. The molecule has 1 N–H and O–H groups in total. The molecule has 0 amide bonds. The van der Waals surface area contributed by atoms with E-state index in [4.69, 9.17) is 5.41 Å². The first kappa shape index (κ1) is 10.9. The van der Waals surface area contributed by atoms with Crippen molar-refractivity contribution >= 4 is 6.72 Å². The van der Waals surface area contributed by atoms with Crippen LogP contribution in [-0.4, -0.2) is 6.72 Å². The number of rotatable bonds is 1. The average Bonchev–Trinajstić information content (AvgIpc) is 2.13. The number of hydrogen-bond donors (Lipinski definition) is 1. The third kappa shape index (κ3) is 2.87. The van der Waals surface area contributed by atoms with Gasteiger partial charge in [-0.1, -0.05) is 25.1 Å². The topological polar surface area (TPSA) is 23.9 Å². The fraction of sp³-hybridized carbons (Fsp3) is 0.364. The summed E-state index contributed by atoms with van der Waals surface area (Å²) >= 11 is 0. The van der Waals surface area contributed by atoms with E-state index < -0.39 is 0 Å². The van der Waals surface area contributed by atoms with Crippen LogP contribution < -0.4 is 0 Å². The Labute approximate surface area is 74.9 Å². The Kier molecular flexibility index (Phi) is 5.02. The van der Waals surface area contributed by atoms with Crippen LogP contribution in [0.1, 0.15) is 23.6 Å². The van der Waals surface area contributed by atoms with E-state index in [1.165, 1.54) is 16.7 Å². The minimum Gasteiger partial charge on any atom is -0.317 e. The molecule has 0 fully saturated rings. The van der Waals surface area contributed by atoms with Gasteiger partial charge in [0.1, 0.15) is 0 Å². The summed E-state index contributed by atoms with van der Waals surface area (Å²) in [7, 11) is 0. The van der Waals surface area contributed by atoms with Gasteiger partial charge in [0, 0.05) is 0 Å². The van der Waals surface area contributed by atoms with Gasteiger partial charge in [0.2, 0.25) is 0 Å². The van der Waals surface area contributed by atoms with Crippen LogP contribution in [0.4, 0.5) is 0 Å². The van der Waals surface area contributed by atoms with E-state index in [-0.39, 0.29) is 0 Å². The smallest absolute Gasteiger partial charge is 0.0187 e. The van der Waals surface area contributed by atoms with Crippen LogP contribution in [0, 0.1) is 19.3 Å². The van der Waals surface area contributed by atoms with E-state index in [2.05, 4.69) is 45.7 Å². The van der Waals surface area contributed by atoms with Crippen molar-refractivity contribution < 1.29 is 0 Å². The van der Waals surface area contributed by atoms with E-state index in [0.29, 0.717) is 0 Å². The standard InChI is InChI=1S/C10H14.CH3N/c1-4-10-6-5-8(2)9(3)7-10;1-2/h5-7H,4H2,1-3H3;2H,1H2. The molecule has 12 heavy (non-hydrogen) atoms. The van der Waals surface area contributed by atoms with Crippen LogP contribution >= 0.6 is 0 Å². The van der Waals surface area contributed by atoms with Gasteiger partial charge in [-0.3, -0.25) is 0 Å². The minimum atomic E-state index is 1.14. The third-order valence-electron chi connectivity index (χ3n) is 1.98. The highest BCUT2D eigenvalue weighted by molar-refractivity contribution is 5.29. The molecule has 0 bridgehead atoms. The molecule has 0 aliphatic heterocycles. The molecule has 1 heteroatoms. The summed E-state index contributed by atoms with van der Waals surface area (Å²) in [4.78, 5) is 0. The summed E-state index contributed by atoms with van der Waals surface area (Å²) in [6.07, 6.45) is 1.14. The average molecular weight is 163 g/mol. The van der Waals surface area contributed by atoms with Crippen LogP contribution in [0.5, 0.6) is 0 Å². The number of nitrogens with one attached hydrogen (secondary N) is 1. The molecule has 1 nitrogen and oxygen atoms in total. The summed E-state index contributed by atoms with van der Waals surface area (Å²) in [6, 6.07) is 6.64. The molecule has 0 spiro atoms. The summed E-state index contributed by atoms with van der Waals surface area (Å²) in [6.45, 7) is 8.99. The third-order valence-corrected chi connectivity index (χ3v) is 1.98. The molecule has 0 aliphatic carbocycles. The molecular weight excluding hydrogens is 146 g/mol. The van der Waals surface area contributed by atoms with Crippen molar-refractivity contribution in [1.82, 2.24) is 0 Å². The second kappa shape index (κ2) is 5.53. The van der Waals surface area contributed by atoms with Crippen molar-refractivity contribution in [3.8, 4) is 0 Å². The molecule has 66 valence electrons. The molecule has 0 aliphatic rings. The van der Waals surface area contributed by atoms with Crippen molar-refractivity contribution in [2.24, 2.45) is 0 Å². The van der Waals surface area contributed by atoms with Crippen molar-refractivity contribution in [3.05, 3.63) is 34.9 Å². The fourth-order valence-corrected chi connectivity index (χ4v) is 1.02. The lowest BCUT2D eigenvalue weighted by molar-refractivity contribution is 1.12. The first-order chi connectivity index (χ1) is 5.74. The monoisotopic (exact) mass is 163 g/mol. The van der Waals surface area contributed by atoms with Gasteiger partial charge in [-0.25, -0.2) is 0 Å². The van der Waals surface area contributed by atoms with E-state index in [0.717, 1.165) is 6.42 Å². The Morgan fingerprint density at radius 2 is 1.75 bits per heavy atom. The molecule has 0 aromatic heterocycles. The molecular formula is C11H17N. The predicted molar refractivity (Wildman–Crippen MR) is 55.1 cm³/mol. The van der Waals surface area contributed by atoms with Gasteiger partial charge in [0.15, 0.2) is 0 Å². The van der Waals surface area contributed by atoms with Crippen LogP contribution in [0.2, 0.25) is 0 Å². The first-order valence-corrected chi connectivity index (χ1v) is 4.15. The molecule has 0 heterocycles. The zero-order valence-corrected chi connectivity index (χ0v) is 8.15. The van der Waals surface area contributed by atoms with Crippen molar-refractivity contribution in [3.63, 3.8) is 0 Å². The SMILES string of the molecule is C=N.CCc1ccc(C)c(C)c1. The second-order valence-electron chi connectivity index (χ2n) is 2.77. The molecule has 0 radical (unpaired) electrons. The maximum absolute atomic E-state index is 5.50. The lowest BCUT2D eigenvalue weighted by Crippen LogP contribution is -1.84. The summed E-state index contributed by atoms with van der Waals surface area (Å²) in [5, 5.41) is 5.50. The number of aryl methyl sites for hydroxylation is 3. The molecule has 0 atom stereocenters. The number of hydrogen-bond acceptors (Lipinski definition) is 1. The summed E-state index contributed by atoms with van der Waals surface area (Å²) in [5.41, 5.74) is 4.22. The summed E-state index contributed by atoms with van der Waals surface area (Å²) in [5.74, 6) is 0. The van der Waals surface area contributed by atoms with Crippen molar-refractivity contribution in [1.29, 1.82) is 5.41 Å². The van der Waals surface area contributed by atoms with Gasteiger partial charge < -0.3 is 5.41 Å². The van der Waals surface area contributed by atoms with E-state index in [9.17, 15) is 0 Å². The highest BCUT2D eigenvalue weighted by Gasteiger charge is 1.92. The van der Waals surface area contributed by atoms with Gasteiger partial charge in [0.25, 0.3) is 0 Å². The maximum atomic E-state index is 5.50. The lowest BCUT2D eigenvalue weighted by atomic mass is 10.1. The molecule has 1 aromatic rings. The molecule has 1 rings (SSSR count). The van der Waals surface area contributed by atoms with E-state index in [1.807, 2.05) is 0 Å². The maximum Gasteiger partial charge on any atom is -0.0187 e. The summed E-state index contributed by atoms with van der Waals surface area (Å²) < 4.78 is 0. The minimum absolute atomic E-state index is 1.14. The first-order valence-electron chi connectivity index (χ1n) is 4.15. The van der Waals surface area contributed by atoms with E-state index in [1.54, 1.807) is 0 Å². The van der Waals surface area contributed by atoms with Crippen LogP contribution in [0.3, 0.4) is 0 Å². The quantitative estimate of drug-likeness (QED) is 0.615. The van der Waals surface area contributed by atoms with Gasteiger partial charge in [-0.15, -0.1) is 0 Å². The van der Waals surface area contributed by atoms with Gasteiger partial charge in [-0.2, -0.15) is 0 Å². The zero-order chi connectivity index (χ0) is 9.56. The van der Waals surface area contributed by atoms with Crippen molar-refractivity contribution in [2.45, 2.75) is 27.2 Å². The van der Waals surface area contributed by atoms with Gasteiger partial charge >= 0.3 is 0 Å². The number of benzene rings is 1. The Hall–Kier alpha value is -1.11. The van der Waals surface area contributed by atoms with Crippen LogP contribution in [-0.2, 0) is 6.42 Å². The Bertz CT molecular complexity index is 241. The Morgan fingerprint density at radius 1 is 1.17 bits per heavy atom. The fourth-order valence-electron chi connectivity index (χ4n) is 1.02. The molecule has 0 unspecified atom stereocenters. The van der Waals surface area contributed by atoms with Crippen LogP contribution in [0.15, 0.2) is 18.2 Å². The Balaban J connectivity index is 0.000000561. The van der Waals surface area contributed by atoms with Crippen molar-refractivity contribution in [2.75, 3.05) is 0 Å². The lowest BCUT2D eigenvalue weighted by Gasteiger charge is -2.01. The normalized spacial score (nSPS) is 8.58. The highest BCUT2D eigenvalue weighted by atomic mass is 14.2. The Morgan fingerprint density at radius 3 is 2.17 bits per heavy atom. The van der Waals surface area contributed by atoms with E-state index >= 15 is 0 Å². The van der Waals surface area contributed by atoms with Gasteiger partial charge in [-0.05, 0) is 43.7 Å². The largest absolute Gasteiger partial charge is 0.317 e. The van der Waals surface area contributed by atoms with Gasteiger partial charge in [0.05, 0.1) is 0 Å². The molecule has 0 saturated heterocycles. The molecule has 1 aromatic carbocycles. The predicted octanol–water partition coefficient (Wildman–Crippen LogP) is 3.13. The van der Waals surface area contributed by atoms with Crippen LogP contribution in [0.25, 0.3) is 0 Å².